The maximum Gasteiger partial charge on any atom is 0.294 e. The van der Waals surface area contributed by atoms with Crippen LogP contribution in [-0.2, 0) is 6.42 Å². The SMILES string of the molecule is CCc1cc([N+](=O)[O-])c(Br)s1. The third kappa shape index (κ3) is 1.78. The number of thiophene rings is 1. The molecule has 11 heavy (non-hydrogen) atoms. The summed E-state index contributed by atoms with van der Waals surface area (Å²) in [4.78, 5) is 11.0. The van der Waals surface area contributed by atoms with Gasteiger partial charge >= 0.3 is 0 Å². The molecule has 0 aliphatic rings. The first-order valence-electron chi connectivity index (χ1n) is 3.07. The predicted octanol–water partition coefficient (Wildman–Crippen LogP) is 2.98. The molecule has 0 amide bonds. The Kier molecular flexibility index (Phi) is 2.62. The van der Waals surface area contributed by atoms with Gasteiger partial charge in [-0.1, -0.05) is 6.92 Å². The molecule has 60 valence electrons. The van der Waals surface area contributed by atoms with Crippen LogP contribution in [0.25, 0.3) is 0 Å². The Labute approximate surface area is 76.3 Å². The lowest BCUT2D eigenvalue weighted by atomic mass is 10.4. The summed E-state index contributed by atoms with van der Waals surface area (Å²) in [6.45, 7) is 1.97. The maximum absolute atomic E-state index is 10.3. The van der Waals surface area contributed by atoms with Crippen LogP contribution in [0.3, 0.4) is 0 Å². The van der Waals surface area contributed by atoms with E-state index in [0.717, 1.165) is 11.3 Å². The number of hydrogen-bond donors (Lipinski definition) is 0. The monoisotopic (exact) mass is 235 g/mol. The first kappa shape index (κ1) is 8.67. The van der Waals surface area contributed by atoms with Gasteiger partial charge in [0.15, 0.2) is 0 Å². The molecular weight excluding hydrogens is 230 g/mol. The van der Waals surface area contributed by atoms with Crippen molar-refractivity contribution in [2.24, 2.45) is 0 Å². The van der Waals surface area contributed by atoms with Crippen molar-refractivity contribution in [3.8, 4) is 0 Å². The molecule has 3 nitrogen and oxygen atoms in total. The normalized spacial score (nSPS) is 10.0. The summed E-state index contributed by atoms with van der Waals surface area (Å²) >= 11 is 4.55. The molecule has 0 radical (unpaired) electrons. The molecule has 5 heteroatoms. The number of nitrogens with zero attached hydrogens (tertiary/aromatic N) is 1. The van der Waals surface area contributed by atoms with Crippen molar-refractivity contribution in [1.82, 2.24) is 0 Å². The van der Waals surface area contributed by atoms with E-state index in [2.05, 4.69) is 15.9 Å². The Morgan fingerprint density at radius 3 is 2.73 bits per heavy atom. The first-order chi connectivity index (χ1) is 5.15. The molecule has 0 fully saturated rings. The molecule has 0 saturated carbocycles. The average Bonchev–Trinajstić information content (AvgIpc) is 2.30. The van der Waals surface area contributed by atoms with Crippen LogP contribution in [0.2, 0.25) is 0 Å². The van der Waals surface area contributed by atoms with E-state index in [1.807, 2.05) is 6.92 Å². The van der Waals surface area contributed by atoms with Gasteiger partial charge in [-0.05, 0) is 22.4 Å². The lowest BCUT2D eigenvalue weighted by Gasteiger charge is -1.82. The van der Waals surface area contributed by atoms with Gasteiger partial charge in [0.05, 0.1) is 4.92 Å². The zero-order valence-electron chi connectivity index (χ0n) is 5.83. The summed E-state index contributed by atoms with van der Waals surface area (Å²) in [5.41, 5.74) is 0.173. The molecule has 1 aromatic rings. The molecule has 1 aromatic heterocycles. The van der Waals surface area contributed by atoms with Gasteiger partial charge in [-0.15, -0.1) is 11.3 Å². The van der Waals surface area contributed by atoms with E-state index in [-0.39, 0.29) is 10.6 Å². The Hall–Kier alpha value is -0.420. The Morgan fingerprint density at radius 2 is 2.45 bits per heavy atom. The van der Waals surface area contributed by atoms with Crippen molar-refractivity contribution in [3.63, 3.8) is 0 Å². The second-order valence-corrected chi connectivity index (χ2v) is 4.44. The fourth-order valence-corrected chi connectivity index (χ4v) is 2.37. The maximum atomic E-state index is 10.3. The molecule has 0 aromatic carbocycles. The molecule has 0 saturated heterocycles. The summed E-state index contributed by atoms with van der Waals surface area (Å²) in [5.74, 6) is 0. The van der Waals surface area contributed by atoms with Crippen molar-refractivity contribution >= 4 is 33.0 Å². The van der Waals surface area contributed by atoms with Gasteiger partial charge < -0.3 is 0 Å². The van der Waals surface area contributed by atoms with E-state index >= 15 is 0 Å². The highest BCUT2D eigenvalue weighted by atomic mass is 79.9. The van der Waals surface area contributed by atoms with Crippen molar-refractivity contribution in [3.05, 3.63) is 24.8 Å². The summed E-state index contributed by atoms with van der Waals surface area (Å²) in [6.07, 6.45) is 0.844. The lowest BCUT2D eigenvalue weighted by Crippen LogP contribution is -1.84. The van der Waals surface area contributed by atoms with Crippen LogP contribution in [0, 0.1) is 10.1 Å². The Balaban J connectivity index is 3.07. The third-order valence-corrected chi connectivity index (χ3v) is 3.21. The standard InChI is InChI=1S/C6H6BrNO2S/c1-2-4-3-5(8(9)10)6(7)11-4/h3H,2H2,1H3. The van der Waals surface area contributed by atoms with E-state index < -0.39 is 0 Å². The first-order valence-corrected chi connectivity index (χ1v) is 4.68. The topological polar surface area (TPSA) is 43.1 Å². The van der Waals surface area contributed by atoms with Crippen LogP contribution >= 0.6 is 27.3 Å². The number of hydrogen-bond acceptors (Lipinski definition) is 3. The minimum Gasteiger partial charge on any atom is -0.258 e. The zero-order valence-corrected chi connectivity index (χ0v) is 8.24. The molecule has 0 aliphatic heterocycles. The summed E-state index contributed by atoms with van der Waals surface area (Å²) in [7, 11) is 0. The predicted molar refractivity (Wildman–Crippen MR) is 48.1 cm³/mol. The van der Waals surface area contributed by atoms with E-state index in [4.69, 9.17) is 0 Å². The number of rotatable bonds is 2. The average molecular weight is 236 g/mol. The second-order valence-electron chi connectivity index (χ2n) is 1.98. The van der Waals surface area contributed by atoms with Crippen LogP contribution < -0.4 is 0 Å². The lowest BCUT2D eigenvalue weighted by molar-refractivity contribution is -0.385. The molecular formula is C6H6BrNO2S. The number of nitro groups is 1. The molecule has 0 atom stereocenters. The molecule has 0 bridgehead atoms. The van der Waals surface area contributed by atoms with Gasteiger partial charge in [0, 0.05) is 10.9 Å². The highest BCUT2D eigenvalue weighted by Crippen LogP contribution is 2.34. The van der Waals surface area contributed by atoms with Crippen molar-refractivity contribution in [1.29, 1.82) is 0 Å². The molecule has 1 heterocycles. The van der Waals surface area contributed by atoms with Crippen LogP contribution in [0.4, 0.5) is 5.69 Å². The highest BCUT2D eigenvalue weighted by Gasteiger charge is 2.15. The van der Waals surface area contributed by atoms with Crippen LogP contribution in [0.15, 0.2) is 9.85 Å². The largest absolute Gasteiger partial charge is 0.294 e. The van der Waals surface area contributed by atoms with E-state index in [1.54, 1.807) is 6.07 Å². The fourth-order valence-electron chi connectivity index (χ4n) is 0.705. The van der Waals surface area contributed by atoms with Crippen molar-refractivity contribution in [2.45, 2.75) is 13.3 Å². The van der Waals surface area contributed by atoms with E-state index in [9.17, 15) is 10.1 Å². The van der Waals surface area contributed by atoms with Crippen LogP contribution in [-0.4, -0.2) is 4.92 Å². The quantitative estimate of drug-likeness (QED) is 0.585. The van der Waals surface area contributed by atoms with Crippen molar-refractivity contribution in [2.75, 3.05) is 0 Å². The summed E-state index contributed by atoms with van der Waals surface area (Å²) in [6, 6.07) is 1.61. The van der Waals surface area contributed by atoms with Gasteiger partial charge in [0.1, 0.15) is 3.79 Å². The van der Waals surface area contributed by atoms with Gasteiger partial charge in [-0.3, -0.25) is 10.1 Å². The third-order valence-electron chi connectivity index (χ3n) is 1.26. The Bertz CT molecular complexity index is 284. The molecule has 1 rings (SSSR count). The van der Waals surface area contributed by atoms with Crippen LogP contribution in [0.1, 0.15) is 11.8 Å². The molecule has 0 unspecified atom stereocenters. The highest BCUT2D eigenvalue weighted by molar-refractivity contribution is 9.11. The zero-order chi connectivity index (χ0) is 8.43. The van der Waals surface area contributed by atoms with Gasteiger partial charge in [-0.2, -0.15) is 0 Å². The van der Waals surface area contributed by atoms with Gasteiger partial charge in [0.2, 0.25) is 0 Å². The summed E-state index contributed by atoms with van der Waals surface area (Å²) < 4.78 is 0.611. The molecule has 0 spiro atoms. The van der Waals surface area contributed by atoms with Gasteiger partial charge in [0.25, 0.3) is 5.69 Å². The van der Waals surface area contributed by atoms with Crippen molar-refractivity contribution < 1.29 is 4.92 Å². The summed E-state index contributed by atoms with van der Waals surface area (Å²) in [5, 5.41) is 10.3. The molecule has 0 N–H and O–H groups in total. The number of aryl methyl sites for hydroxylation is 1. The smallest absolute Gasteiger partial charge is 0.258 e. The van der Waals surface area contributed by atoms with E-state index in [0.29, 0.717) is 3.79 Å². The minimum absolute atomic E-state index is 0.173. The second kappa shape index (κ2) is 3.32. The Morgan fingerprint density at radius 1 is 1.82 bits per heavy atom. The van der Waals surface area contributed by atoms with E-state index in [1.165, 1.54) is 11.3 Å². The molecule has 0 aliphatic carbocycles. The van der Waals surface area contributed by atoms with Crippen LogP contribution in [0.5, 0.6) is 0 Å². The fraction of sp³-hybridized carbons (Fsp3) is 0.333. The minimum atomic E-state index is -0.375. The van der Waals surface area contributed by atoms with Gasteiger partial charge in [-0.25, -0.2) is 0 Å². The number of halogens is 1.